The number of rotatable bonds is 5. The molecule has 5 nitrogen and oxygen atoms in total. The fourth-order valence-electron chi connectivity index (χ4n) is 1.36. The van der Waals surface area contributed by atoms with Crippen molar-refractivity contribution in [1.29, 1.82) is 0 Å². The van der Waals surface area contributed by atoms with E-state index in [0.717, 1.165) is 11.5 Å². The average molecular weight is 317 g/mol. The van der Waals surface area contributed by atoms with Gasteiger partial charge in [-0.3, -0.25) is 0 Å². The number of halogens is 3. The number of nitrogen functional groups attached to an aromatic ring is 1. The predicted molar refractivity (Wildman–Crippen MR) is 68.2 cm³/mol. The van der Waals surface area contributed by atoms with E-state index in [-0.39, 0.29) is 28.0 Å². The number of hydrogen-bond donors (Lipinski definition) is 1. The third kappa shape index (κ3) is 3.96. The minimum Gasteiger partial charge on any atom is -0.382 e. The van der Waals surface area contributed by atoms with E-state index in [9.17, 15) is 21.6 Å². The summed E-state index contributed by atoms with van der Waals surface area (Å²) in [5, 5.41) is 0.142. The van der Waals surface area contributed by atoms with Gasteiger partial charge in [-0.2, -0.15) is 17.5 Å². The van der Waals surface area contributed by atoms with Gasteiger partial charge in [-0.05, 0) is 11.5 Å². The van der Waals surface area contributed by atoms with Gasteiger partial charge in [-0.15, -0.1) is 0 Å². The number of alkyl halides is 3. The minimum absolute atomic E-state index is 0.142. The summed E-state index contributed by atoms with van der Waals surface area (Å²) < 4.78 is 63.9. The monoisotopic (exact) mass is 317 g/mol. The molecule has 0 radical (unpaired) electrons. The summed E-state index contributed by atoms with van der Waals surface area (Å²) in [5.74, 6) is -0.351. The molecule has 0 aliphatic rings. The first-order valence-electron chi connectivity index (χ1n) is 5.34. The zero-order valence-electron chi connectivity index (χ0n) is 10.4. The highest BCUT2D eigenvalue weighted by atomic mass is 32.2. The second-order valence-electron chi connectivity index (χ2n) is 3.89. The van der Waals surface area contributed by atoms with Crippen LogP contribution in [0.5, 0.6) is 0 Å². The summed E-state index contributed by atoms with van der Waals surface area (Å²) in [4.78, 5) is 1.04. The van der Waals surface area contributed by atoms with Crippen LogP contribution >= 0.6 is 11.5 Å². The van der Waals surface area contributed by atoms with Gasteiger partial charge in [0.25, 0.3) is 0 Å². The lowest BCUT2D eigenvalue weighted by Gasteiger charge is -2.19. The average Bonchev–Trinajstić information content (AvgIpc) is 2.67. The van der Waals surface area contributed by atoms with Gasteiger partial charge in [-0.1, -0.05) is 6.92 Å². The van der Waals surface area contributed by atoms with Gasteiger partial charge >= 0.3 is 6.18 Å². The molecule has 0 aliphatic carbocycles. The molecule has 1 rings (SSSR count). The molecule has 10 heteroatoms. The summed E-state index contributed by atoms with van der Waals surface area (Å²) >= 11 is 0.781. The molecule has 0 unspecified atom stereocenters. The first-order valence-corrected chi connectivity index (χ1v) is 7.77. The summed E-state index contributed by atoms with van der Waals surface area (Å²) in [6.07, 6.45) is -5.33. The zero-order chi connectivity index (χ0) is 14.8. The number of nitrogens with two attached hydrogens (primary N) is 1. The van der Waals surface area contributed by atoms with Gasteiger partial charge in [0.2, 0.25) is 0 Å². The molecule has 2 N–H and O–H groups in total. The largest absolute Gasteiger partial charge is 0.390 e. The van der Waals surface area contributed by atoms with Gasteiger partial charge in [0.1, 0.15) is 9.90 Å². The van der Waals surface area contributed by atoms with Crippen molar-refractivity contribution < 1.29 is 21.6 Å². The van der Waals surface area contributed by atoms with Crippen LogP contribution in [0.3, 0.4) is 0 Å². The molecule has 0 fully saturated rings. The maximum atomic E-state index is 12.2. The number of aromatic nitrogens is 1. The lowest BCUT2D eigenvalue weighted by Crippen LogP contribution is -2.24. The van der Waals surface area contributed by atoms with Crippen molar-refractivity contribution in [2.24, 2.45) is 0 Å². The van der Waals surface area contributed by atoms with Crippen molar-refractivity contribution in [3.63, 3.8) is 0 Å². The molecular weight excluding hydrogens is 303 g/mol. The fraction of sp³-hybridized carbons (Fsp3) is 0.667. The topological polar surface area (TPSA) is 76.3 Å². The predicted octanol–water partition coefficient (Wildman–Crippen LogP) is 1.91. The Morgan fingerprint density at radius 3 is 2.47 bits per heavy atom. The van der Waals surface area contributed by atoms with E-state index in [4.69, 9.17) is 5.73 Å². The standard InChI is InChI=1S/C9H14F3N3O2S2/c1-3-19(16,17)6-7(13)14-18-8(6)15(2)5-4-9(10,11)12/h3-5H2,1-2H3,(H2,13,14). The van der Waals surface area contributed by atoms with E-state index in [0.29, 0.717) is 0 Å². The van der Waals surface area contributed by atoms with Crippen LogP contribution in [0, 0.1) is 0 Å². The first kappa shape index (κ1) is 16.0. The molecule has 1 heterocycles. The van der Waals surface area contributed by atoms with Crippen molar-refractivity contribution in [3.05, 3.63) is 0 Å². The SMILES string of the molecule is CCS(=O)(=O)c1c(N)nsc1N(C)CCC(F)(F)F. The molecule has 0 amide bonds. The van der Waals surface area contributed by atoms with Crippen LogP contribution in [0.4, 0.5) is 24.0 Å². The maximum absolute atomic E-state index is 12.2. The lowest BCUT2D eigenvalue weighted by atomic mass is 10.4. The Morgan fingerprint density at radius 2 is 2.00 bits per heavy atom. The second kappa shape index (κ2) is 5.53. The van der Waals surface area contributed by atoms with Crippen molar-refractivity contribution in [2.45, 2.75) is 24.4 Å². The second-order valence-corrected chi connectivity index (χ2v) is 6.86. The van der Waals surface area contributed by atoms with Crippen LogP contribution in [-0.2, 0) is 9.84 Å². The molecule has 0 saturated heterocycles. The Hall–Kier alpha value is -1.03. The van der Waals surface area contributed by atoms with Gasteiger partial charge in [0.05, 0.1) is 12.2 Å². The van der Waals surface area contributed by atoms with Crippen molar-refractivity contribution in [2.75, 3.05) is 30.0 Å². The fourth-order valence-corrected chi connectivity index (χ4v) is 3.68. The summed E-state index contributed by atoms with van der Waals surface area (Å²) in [6, 6.07) is 0. The number of nitrogens with zero attached hydrogens (tertiary/aromatic N) is 2. The molecule has 0 atom stereocenters. The van der Waals surface area contributed by atoms with Crippen LogP contribution in [0.15, 0.2) is 4.90 Å². The summed E-state index contributed by atoms with van der Waals surface area (Å²) in [6.45, 7) is 1.09. The van der Waals surface area contributed by atoms with Gasteiger partial charge in [-0.25, -0.2) is 8.42 Å². The van der Waals surface area contributed by atoms with E-state index in [1.807, 2.05) is 0 Å². The van der Waals surface area contributed by atoms with Crippen LogP contribution < -0.4 is 10.6 Å². The first-order chi connectivity index (χ1) is 8.58. The van der Waals surface area contributed by atoms with Crippen molar-refractivity contribution in [1.82, 2.24) is 4.37 Å². The number of anilines is 2. The van der Waals surface area contributed by atoms with Crippen LogP contribution in [-0.4, -0.2) is 38.3 Å². The minimum atomic E-state index is -4.30. The molecule has 0 saturated carbocycles. The molecule has 19 heavy (non-hydrogen) atoms. The van der Waals surface area contributed by atoms with Crippen LogP contribution in [0.2, 0.25) is 0 Å². The van der Waals surface area contributed by atoms with E-state index < -0.39 is 22.4 Å². The summed E-state index contributed by atoms with van der Waals surface area (Å²) in [7, 11) is -2.23. The van der Waals surface area contributed by atoms with E-state index >= 15 is 0 Å². The van der Waals surface area contributed by atoms with Crippen molar-refractivity contribution in [3.8, 4) is 0 Å². The molecule has 1 aromatic heterocycles. The molecule has 1 aromatic rings. The number of sulfone groups is 1. The van der Waals surface area contributed by atoms with E-state index in [1.165, 1.54) is 18.9 Å². The van der Waals surface area contributed by atoms with Crippen LogP contribution in [0.1, 0.15) is 13.3 Å². The van der Waals surface area contributed by atoms with E-state index in [1.54, 1.807) is 0 Å². The van der Waals surface area contributed by atoms with Gasteiger partial charge in [0.15, 0.2) is 15.7 Å². The zero-order valence-corrected chi connectivity index (χ0v) is 12.0. The molecule has 0 spiro atoms. The highest BCUT2D eigenvalue weighted by Crippen LogP contribution is 2.35. The Balaban J connectivity index is 3.03. The maximum Gasteiger partial charge on any atom is 0.390 e. The molecular formula is C9H14F3N3O2S2. The van der Waals surface area contributed by atoms with Gasteiger partial charge < -0.3 is 10.6 Å². The third-order valence-electron chi connectivity index (χ3n) is 2.43. The Bertz CT molecular complexity index is 539. The molecule has 110 valence electrons. The normalized spacial score (nSPS) is 12.7. The van der Waals surface area contributed by atoms with E-state index in [2.05, 4.69) is 4.37 Å². The smallest absolute Gasteiger partial charge is 0.382 e. The lowest BCUT2D eigenvalue weighted by molar-refractivity contribution is -0.132. The molecule has 0 aromatic carbocycles. The third-order valence-corrected chi connectivity index (χ3v) is 5.32. The van der Waals surface area contributed by atoms with Gasteiger partial charge in [0, 0.05) is 13.6 Å². The van der Waals surface area contributed by atoms with Crippen LogP contribution in [0.25, 0.3) is 0 Å². The van der Waals surface area contributed by atoms with Crippen molar-refractivity contribution >= 4 is 32.2 Å². The Morgan fingerprint density at radius 1 is 1.42 bits per heavy atom. The Labute approximate surface area is 113 Å². The summed E-state index contributed by atoms with van der Waals surface area (Å²) in [5.41, 5.74) is 5.49. The highest BCUT2D eigenvalue weighted by molar-refractivity contribution is 7.91. The highest BCUT2D eigenvalue weighted by Gasteiger charge is 2.30. The number of hydrogen-bond acceptors (Lipinski definition) is 6. The Kier molecular flexibility index (Phi) is 4.67. The quantitative estimate of drug-likeness (QED) is 0.897. The molecule has 0 bridgehead atoms. The molecule has 0 aliphatic heterocycles.